The Labute approximate surface area is 168 Å². The van der Waals surface area contributed by atoms with Gasteiger partial charge >= 0.3 is 6.09 Å². The Hall–Kier alpha value is -1.47. The molecule has 0 aliphatic carbocycles. The largest absolute Gasteiger partial charge is 0.453 e. The van der Waals surface area contributed by atoms with Gasteiger partial charge in [0.25, 0.3) is 0 Å². The lowest BCUT2D eigenvalue weighted by Crippen LogP contribution is -2.49. The molecule has 144 valence electrons. The molecule has 1 fully saturated rings. The Kier molecular flexibility index (Phi) is 8.51. The molecule has 0 unspecified atom stereocenters. The predicted molar refractivity (Wildman–Crippen MR) is 109 cm³/mol. The first-order valence-corrected chi connectivity index (χ1v) is 10.0. The van der Waals surface area contributed by atoms with Crippen molar-refractivity contribution < 1.29 is 9.53 Å². The van der Waals surface area contributed by atoms with Crippen LogP contribution in [0.2, 0.25) is 5.02 Å². The minimum absolute atomic E-state index is 0.254. The molecule has 8 heteroatoms. The fraction of sp³-hybridized carbons (Fsp3) is 0.556. The lowest BCUT2D eigenvalue weighted by molar-refractivity contribution is 0.111. The summed E-state index contributed by atoms with van der Waals surface area (Å²) < 4.78 is 5.82. The highest BCUT2D eigenvalue weighted by Gasteiger charge is 2.23. The number of aliphatic imine (C=N–C) groups is 1. The summed E-state index contributed by atoms with van der Waals surface area (Å²) in [5.74, 6) is 0.808. The van der Waals surface area contributed by atoms with Crippen LogP contribution in [0.1, 0.15) is 25.3 Å². The lowest BCUT2D eigenvalue weighted by Gasteiger charge is -2.32. The molecule has 1 saturated heterocycles. The Morgan fingerprint density at radius 2 is 2.15 bits per heavy atom. The fourth-order valence-corrected chi connectivity index (χ4v) is 3.51. The summed E-state index contributed by atoms with van der Waals surface area (Å²) in [6.07, 6.45) is 2.30. The number of amides is 1. The van der Waals surface area contributed by atoms with E-state index in [1.165, 1.54) is 7.11 Å². The molecule has 1 heterocycles. The van der Waals surface area contributed by atoms with Crippen molar-refractivity contribution in [1.82, 2.24) is 15.5 Å². The molecule has 0 bridgehead atoms. The van der Waals surface area contributed by atoms with E-state index in [-0.39, 0.29) is 6.09 Å². The van der Waals surface area contributed by atoms with Gasteiger partial charge in [-0.3, -0.25) is 4.99 Å². The Morgan fingerprint density at radius 3 is 2.81 bits per heavy atom. The average Bonchev–Trinajstić information content (AvgIpc) is 2.64. The van der Waals surface area contributed by atoms with Crippen LogP contribution >= 0.6 is 27.5 Å². The minimum Gasteiger partial charge on any atom is -0.453 e. The van der Waals surface area contributed by atoms with Crippen LogP contribution in [0.5, 0.6) is 0 Å². The van der Waals surface area contributed by atoms with Gasteiger partial charge in [-0.15, -0.1) is 0 Å². The van der Waals surface area contributed by atoms with E-state index in [1.54, 1.807) is 4.90 Å². The summed E-state index contributed by atoms with van der Waals surface area (Å²) in [5, 5.41) is 7.48. The van der Waals surface area contributed by atoms with Crippen molar-refractivity contribution in [3.8, 4) is 0 Å². The van der Waals surface area contributed by atoms with Crippen molar-refractivity contribution in [1.29, 1.82) is 0 Å². The molecular formula is C18H26BrClN4O2. The highest BCUT2D eigenvalue weighted by atomic mass is 79.9. The van der Waals surface area contributed by atoms with Gasteiger partial charge in [-0.25, -0.2) is 4.79 Å². The van der Waals surface area contributed by atoms with Gasteiger partial charge in [0.1, 0.15) is 0 Å². The number of halogens is 2. The number of nitrogens with one attached hydrogen (secondary N) is 2. The van der Waals surface area contributed by atoms with Crippen LogP contribution in [-0.4, -0.2) is 56.3 Å². The Bertz CT molecular complexity index is 634. The second kappa shape index (κ2) is 10.6. The summed E-state index contributed by atoms with van der Waals surface area (Å²) >= 11 is 9.61. The summed E-state index contributed by atoms with van der Waals surface area (Å²) in [6, 6.07) is 6.08. The number of guanidine groups is 1. The van der Waals surface area contributed by atoms with Gasteiger partial charge in [0, 0.05) is 41.7 Å². The first-order chi connectivity index (χ1) is 12.5. The van der Waals surface area contributed by atoms with Gasteiger partial charge in [0.2, 0.25) is 0 Å². The van der Waals surface area contributed by atoms with Crippen LogP contribution in [0.3, 0.4) is 0 Å². The van der Waals surface area contributed by atoms with E-state index in [0.717, 1.165) is 46.8 Å². The van der Waals surface area contributed by atoms with Crippen molar-refractivity contribution in [2.45, 2.75) is 32.2 Å². The second-order valence-corrected chi connectivity index (χ2v) is 7.41. The van der Waals surface area contributed by atoms with Gasteiger partial charge in [-0.1, -0.05) is 27.5 Å². The maximum Gasteiger partial charge on any atom is 0.409 e. The molecular weight excluding hydrogens is 420 g/mol. The number of carbonyl (C=O) groups is 1. The molecule has 1 aromatic carbocycles. The fourth-order valence-electron chi connectivity index (χ4n) is 2.87. The molecule has 0 saturated carbocycles. The number of hydrogen-bond donors (Lipinski definition) is 2. The van der Waals surface area contributed by atoms with Gasteiger partial charge in [-0.05, 0) is 49.9 Å². The third kappa shape index (κ3) is 6.36. The highest BCUT2D eigenvalue weighted by molar-refractivity contribution is 9.10. The van der Waals surface area contributed by atoms with Crippen molar-refractivity contribution in [2.24, 2.45) is 4.99 Å². The number of hydrogen-bond acceptors (Lipinski definition) is 3. The molecule has 0 atom stereocenters. The van der Waals surface area contributed by atoms with Crippen molar-refractivity contribution >= 4 is 39.6 Å². The zero-order valence-electron chi connectivity index (χ0n) is 15.2. The quantitative estimate of drug-likeness (QED) is 0.538. The van der Waals surface area contributed by atoms with Crippen molar-refractivity contribution in [3.05, 3.63) is 33.3 Å². The standard InChI is InChI=1S/C18H26BrClN4O2/c1-3-21-17(22-9-6-13-12-14(20)4-5-16(13)19)23-15-7-10-24(11-8-15)18(25)26-2/h4-5,12,15H,3,6-11H2,1-2H3,(H2,21,22,23). The third-order valence-corrected chi connectivity index (χ3v) is 5.28. The van der Waals surface area contributed by atoms with Crippen LogP contribution in [0.4, 0.5) is 4.79 Å². The van der Waals surface area contributed by atoms with Crippen LogP contribution in [-0.2, 0) is 11.2 Å². The number of ether oxygens (including phenoxy) is 1. The van der Waals surface area contributed by atoms with E-state index in [1.807, 2.05) is 25.1 Å². The maximum atomic E-state index is 11.6. The predicted octanol–water partition coefficient (Wildman–Crippen LogP) is 3.43. The number of carbonyl (C=O) groups excluding carboxylic acids is 1. The maximum absolute atomic E-state index is 11.6. The van der Waals surface area contributed by atoms with E-state index in [0.29, 0.717) is 25.7 Å². The number of methoxy groups -OCH3 is 1. The molecule has 0 radical (unpaired) electrons. The first kappa shape index (κ1) is 20.8. The SMILES string of the molecule is CCNC(=NCCc1cc(Cl)ccc1Br)NC1CCN(C(=O)OC)CC1. The van der Waals surface area contributed by atoms with Crippen molar-refractivity contribution in [3.63, 3.8) is 0 Å². The normalized spacial score (nSPS) is 15.7. The topological polar surface area (TPSA) is 66.0 Å². The first-order valence-electron chi connectivity index (χ1n) is 8.85. The number of rotatable bonds is 5. The summed E-state index contributed by atoms with van der Waals surface area (Å²) in [5.41, 5.74) is 1.14. The van der Waals surface area contributed by atoms with Crippen LogP contribution in [0.25, 0.3) is 0 Å². The van der Waals surface area contributed by atoms with E-state index in [2.05, 4.69) is 31.6 Å². The van der Waals surface area contributed by atoms with Crippen LogP contribution in [0.15, 0.2) is 27.7 Å². The molecule has 2 rings (SSSR count). The third-order valence-electron chi connectivity index (χ3n) is 4.27. The second-order valence-electron chi connectivity index (χ2n) is 6.12. The summed E-state index contributed by atoms with van der Waals surface area (Å²) in [4.78, 5) is 18.0. The molecule has 0 aromatic heterocycles. The van der Waals surface area contributed by atoms with Gasteiger partial charge in [0.05, 0.1) is 7.11 Å². The summed E-state index contributed by atoms with van der Waals surface area (Å²) in [7, 11) is 1.42. The molecule has 6 nitrogen and oxygen atoms in total. The van der Waals surface area contributed by atoms with E-state index in [9.17, 15) is 4.79 Å². The highest BCUT2D eigenvalue weighted by Crippen LogP contribution is 2.21. The zero-order chi connectivity index (χ0) is 18.9. The minimum atomic E-state index is -0.254. The zero-order valence-corrected chi connectivity index (χ0v) is 17.6. The summed E-state index contributed by atoms with van der Waals surface area (Å²) in [6.45, 7) is 4.89. The Morgan fingerprint density at radius 1 is 1.42 bits per heavy atom. The van der Waals surface area contributed by atoms with Crippen molar-refractivity contribution in [2.75, 3.05) is 33.3 Å². The van der Waals surface area contributed by atoms with Crippen LogP contribution < -0.4 is 10.6 Å². The monoisotopic (exact) mass is 444 g/mol. The molecule has 1 aliphatic rings. The van der Waals surface area contributed by atoms with Gasteiger partial charge in [0.15, 0.2) is 5.96 Å². The van der Waals surface area contributed by atoms with Gasteiger partial charge < -0.3 is 20.3 Å². The molecule has 1 aromatic rings. The lowest BCUT2D eigenvalue weighted by atomic mass is 10.1. The molecule has 26 heavy (non-hydrogen) atoms. The molecule has 2 N–H and O–H groups in total. The number of benzene rings is 1. The molecule has 1 aliphatic heterocycles. The Balaban J connectivity index is 1.87. The average molecular weight is 446 g/mol. The van der Waals surface area contributed by atoms with E-state index < -0.39 is 0 Å². The number of piperidine rings is 1. The van der Waals surface area contributed by atoms with E-state index >= 15 is 0 Å². The molecule has 0 spiro atoms. The smallest absolute Gasteiger partial charge is 0.409 e. The van der Waals surface area contributed by atoms with Crippen LogP contribution in [0, 0.1) is 0 Å². The van der Waals surface area contributed by atoms with Gasteiger partial charge in [-0.2, -0.15) is 0 Å². The molecule has 1 amide bonds. The van der Waals surface area contributed by atoms with E-state index in [4.69, 9.17) is 16.3 Å². The number of nitrogens with zero attached hydrogens (tertiary/aromatic N) is 2. The number of likely N-dealkylation sites (tertiary alicyclic amines) is 1.